The topological polar surface area (TPSA) is 0 Å². The molecule has 168 valence electrons. The van der Waals surface area contributed by atoms with Crippen LogP contribution < -0.4 is 10.4 Å². The van der Waals surface area contributed by atoms with E-state index in [4.69, 9.17) is 0 Å². The number of hydrogen-bond donors (Lipinski definition) is 0. The van der Waals surface area contributed by atoms with Crippen molar-refractivity contribution < 1.29 is 16.6 Å². The Kier molecular flexibility index (Phi) is 8.14. The van der Waals surface area contributed by atoms with Crippen molar-refractivity contribution in [1.29, 1.82) is 0 Å². The van der Waals surface area contributed by atoms with E-state index in [1.807, 2.05) is 0 Å². The van der Waals surface area contributed by atoms with E-state index in [9.17, 15) is 0 Å². The Bertz CT molecular complexity index is 1270. The SMILES string of the molecule is C1=C[CH]([Ti]([CH]2C=Cc3ccccc32)=[Si](c2ccccc2)c2ccccc2)c2ccccc21.Cl.Cl. The first kappa shape index (κ1) is 25.0. The molecule has 0 aliphatic heterocycles. The van der Waals surface area contributed by atoms with E-state index in [1.165, 1.54) is 11.1 Å². The predicted octanol–water partition coefficient (Wildman–Crippen LogP) is 6.79. The number of benzene rings is 4. The van der Waals surface area contributed by atoms with Crippen molar-refractivity contribution >= 4 is 53.5 Å². The molecule has 2 aliphatic carbocycles. The van der Waals surface area contributed by atoms with Gasteiger partial charge in [0, 0.05) is 0 Å². The molecule has 0 saturated carbocycles. The van der Waals surface area contributed by atoms with Crippen molar-refractivity contribution in [2.75, 3.05) is 0 Å². The fourth-order valence-electron chi connectivity index (χ4n) is 5.26. The van der Waals surface area contributed by atoms with Crippen LogP contribution >= 0.6 is 24.8 Å². The average molecular weight is 533 g/mol. The van der Waals surface area contributed by atoms with E-state index in [2.05, 4.69) is 133 Å². The van der Waals surface area contributed by atoms with Crippen molar-refractivity contribution in [3.8, 4) is 0 Å². The molecule has 0 bridgehead atoms. The summed E-state index contributed by atoms with van der Waals surface area (Å²) >= 11 is -1.84. The summed E-state index contributed by atoms with van der Waals surface area (Å²) in [6.07, 6.45) is 8.93. The van der Waals surface area contributed by atoms with Gasteiger partial charge in [-0.3, -0.25) is 0 Å². The molecule has 4 aromatic carbocycles. The standard InChI is InChI=1S/C12H10Si.2C9H7.2ClH.Ti/c1-3-7-11(8-4-1)13-12-9-5-2-6-10-12;2*1-2-5-9-7-3-6-8(9)4-1;;;/h1-10H;2*1-7H;2*1H;. The van der Waals surface area contributed by atoms with Crippen molar-refractivity contribution in [2.45, 2.75) is 8.45 Å². The van der Waals surface area contributed by atoms with E-state index in [1.54, 1.807) is 21.5 Å². The first-order chi connectivity index (χ1) is 15.9. The minimum atomic E-state index is -1.84. The maximum absolute atomic E-state index is 2.55. The van der Waals surface area contributed by atoms with Gasteiger partial charge in [0.15, 0.2) is 0 Å². The Morgan fingerprint density at radius 1 is 0.471 bits per heavy atom. The van der Waals surface area contributed by atoms with Gasteiger partial charge in [-0.2, -0.15) is 0 Å². The zero-order chi connectivity index (χ0) is 21.3. The van der Waals surface area contributed by atoms with Crippen LogP contribution in [0.15, 0.2) is 121 Å². The smallest absolute Gasteiger partial charge is 0.147 e. The Morgan fingerprint density at radius 2 is 0.853 bits per heavy atom. The van der Waals surface area contributed by atoms with Gasteiger partial charge < -0.3 is 0 Å². The van der Waals surface area contributed by atoms with Crippen LogP contribution in [0.4, 0.5) is 0 Å². The molecule has 34 heavy (non-hydrogen) atoms. The number of hydrogen-bond acceptors (Lipinski definition) is 0. The number of allylic oxidation sites excluding steroid dienone is 2. The number of rotatable bonds is 4. The molecule has 2 unspecified atom stereocenters. The summed E-state index contributed by atoms with van der Waals surface area (Å²) in [5.41, 5.74) is 5.93. The molecular weight excluding hydrogens is 507 g/mol. The van der Waals surface area contributed by atoms with Gasteiger partial charge in [0.25, 0.3) is 0 Å². The van der Waals surface area contributed by atoms with Gasteiger partial charge in [-0.1, -0.05) is 0 Å². The fraction of sp³-hybridized carbons (Fsp3) is 0.0667. The quantitative estimate of drug-likeness (QED) is 0.254. The van der Waals surface area contributed by atoms with Gasteiger partial charge in [0.05, 0.1) is 0 Å². The molecule has 0 fully saturated rings. The summed E-state index contributed by atoms with van der Waals surface area (Å²) in [6.45, 7) is 0. The van der Waals surface area contributed by atoms with Crippen LogP contribution in [0.25, 0.3) is 12.2 Å². The van der Waals surface area contributed by atoms with Gasteiger partial charge in [-0.05, 0) is 0 Å². The molecule has 0 nitrogen and oxygen atoms in total. The minimum absolute atomic E-state index is 0. The van der Waals surface area contributed by atoms with Gasteiger partial charge in [0.2, 0.25) is 0 Å². The summed E-state index contributed by atoms with van der Waals surface area (Å²) in [4.78, 5) is 0. The summed E-state index contributed by atoms with van der Waals surface area (Å²) in [5, 5.41) is 3.13. The van der Waals surface area contributed by atoms with Crippen LogP contribution in [0.3, 0.4) is 0 Å². The van der Waals surface area contributed by atoms with Crippen LogP contribution in [0, 0.1) is 0 Å². The predicted molar refractivity (Wildman–Crippen MR) is 149 cm³/mol. The summed E-state index contributed by atoms with van der Waals surface area (Å²) in [7, 11) is 0. The summed E-state index contributed by atoms with van der Waals surface area (Å²) in [5.74, 6) is 0. The van der Waals surface area contributed by atoms with Crippen molar-refractivity contribution in [3.63, 3.8) is 0 Å². The van der Waals surface area contributed by atoms with Crippen molar-refractivity contribution in [2.24, 2.45) is 0 Å². The van der Waals surface area contributed by atoms with Gasteiger partial charge in [0.1, 0.15) is 0 Å². The summed E-state index contributed by atoms with van der Waals surface area (Å²) < 4.78 is 1.14. The number of fused-ring (bicyclic) bond motifs is 2. The second-order valence-corrected chi connectivity index (χ2v) is 18.5. The van der Waals surface area contributed by atoms with Gasteiger partial charge in [-0.15, -0.1) is 24.8 Å². The molecule has 2 aliphatic rings. The third-order valence-corrected chi connectivity index (χ3v) is 20.7. The Morgan fingerprint density at radius 3 is 1.29 bits per heavy atom. The Hall–Kier alpha value is -2.13. The maximum atomic E-state index is 2.55. The molecule has 2 atom stereocenters. The molecule has 0 aromatic heterocycles. The molecular formula is C30H26Cl2SiTi. The molecule has 0 N–H and O–H groups in total. The normalized spacial score (nSPS) is 16.7. The molecule has 0 saturated heterocycles. The van der Waals surface area contributed by atoms with E-state index in [0.717, 1.165) is 0 Å². The molecule has 4 aromatic rings. The summed E-state index contributed by atoms with van der Waals surface area (Å²) in [6, 6.07) is 41.0. The first-order valence-electron chi connectivity index (χ1n) is 11.3. The monoisotopic (exact) mass is 532 g/mol. The van der Waals surface area contributed by atoms with Crippen molar-refractivity contribution in [3.05, 3.63) is 144 Å². The second-order valence-electron chi connectivity index (χ2n) is 8.49. The third kappa shape index (κ3) is 4.56. The van der Waals surface area contributed by atoms with Crippen LogP contribution in [0.2, 0.25) is 0 Å². The molecule has 0 amide bonds. The zero-order valence-corrected chi connectivity index (χ0v) is 22.9. The fourth-order valence-corrected chi connectivity index (χ4v) is 21.0. The molecule has 6 rings (SSSR count). The van der Waals surface area contributed by atoms with E-state index in [-0.39, 0.29) is 24.8 Å². The van der Waals surface area contributed by atoms with Crippen LogP contribution in [-0.4, -0.2) is 6.19 Å². The molecule has 4 heteroatoms. The van der Waals surface area contributed by atoms with E-state index >= 15 is 0 Å². The Balaban J connectivity index is 0.00000137. The van der Waals surface area contributed by atoms with Crippen molar-refractivity contribution in [1.82, 2.24) is 0 Å². The Labute approximate surface area is 220 Å². The van der Waals surface area contributed by atoms with Crippen LogP contribution in [-0.2, 0) is 16.6 Å². The largest absolute Gasteiger partial charge is 0.147 e. The third-order valence-electron chi connectivity index (χ3n) is 6.68. The molecule has 0 heterocycles. The van der Waals surface area contributed by atoms with Gasteiger partial charge >= 0.3 is 197 Å². The average Bonchev–Trinajstić information content (AvgIpc) is 3.48. The van der Waals surface area contributed by atoms with Crippen LogP contribution in [0.1, 0.15) is 30.7 Å². The number of halogens is 2. The molecule has 0 spiro atoms. The van der Waals surface area contributed by atoms with Gasteiger partial charge in [-0.25, -0.2) is 0 Å². The van der Waals surface area contributed by atoms with E-state index in [0.29, 0.717) is 8.45 Å². The second kappa shape index (κ2) is 11.1. The maximum Gasteiger partial charge on any atom is -0.147 e. The zero-order valence-electron chi connectivity index (χ0n) is 18.7. The van der Waals surface area contributed by atoms with E-state index < -0.39 is 22.8 Å². The minimum Gasteiger partial charge on any atom is -0.147 e. The first-order valence-corrected chi connectivity index (χ1v) is 16.9. The van der Waals surface area contributed by atoms with Crippen LogP contribution in [0.5, 0.6) is 0 Å². The molecule has 0 radical (unpaired) electrons.